The highest BCUT2D eigenvalue weighted by atomic mass is 16.5. The summed E-state index contributed by atoms with van der Waals surface area (Å²) in [6.07, 6.45) is 12.4. The van der Waals surface area contributed by atoms with Crippen LogP contribution in [0.4, 0.5) is 0 Å². The number of esters is 2. The van der Waals surface area contributed by atoms with Crippen LogP contribution >= 0.6 is 0 Å². The molecule has 1 saturated heterocycles. The molecule has 5 heterocycles. The zero-order chi connectivity index (χ0) is 31.7. The molecule has 44 heavy (non-hydrogen) atoms. The number of methoxy groups -OCH3 is 2. The fourth-order valence-electron chi connectivity index (χ4n) is 7.22. The van der Waals surface area contributed by atoms with Crippen molar-refractivity contribution < 1.29 is 19.1 Å². The summed E-state index contributed by atoms with van der Waals surface area (Å²) in [5.74, 6) is 0.387. The minimum atomic E-state index is -0.256. The summed E-state index contributed by atoms with van der Waals surface area (Å²) >= 11 is 0. The quantitative estimate of drug-likeness (QED) is 0.423. The number of fused-ring (bicyclic) bond motifs is 6. The maximum atomic E-state index is 12.2. The van der Waals surface area contributed by atoms with Gasteiger partial charge < -0.3 is 19.8 Å². The molecule has 0 radical (unpaired) electrons. The minimum Gasteiger partial charge on any atom is -0.469 e. The van der Waals surface area contributed by atoms with Crippen molar-refractivity contribution in [1.82, 2.24) is 10.3 Å². The van der Waals surface area contributed by atoms with Gasteiger partial charge in [0.05, 0.1) is 37.0 Å². The molecule has 8 nitrogen and oxygen atoms in total. The normalized spacial score (nSPS) is 24.4. The van der Waals surface area contributed by atoms with Crippen LogP contribution in [0.15, 0.2) is 55.8 Å². The van der Waals surface area contributed by atoms with Gasteiger partial charge in [-0.1, -0.05) is 27.2 Å². The second kappa shape index (κ2) is 13.1. The molecule has 4 aliphatic rings. The summed E-state index contributed by atoms with van der Waals surface area (Å²) < 4.78 is 9.93. The van der Waals surface area contributed by atoms with Gasteiger partial charge in [0.25, 0.3) is 0 Å². The molecule has 4 atom stereocenters. The summed E-state index contributed by atoms with van der Waals surface area (Å²) in [5, 5.41) is 6.15. The first-order valence-electron chi connectivity index (χ1n) is 15.9. The van der Waals surface area contributed by atoms with Gasteiger partial charge in [0, 0.05) is 35.6 Å². The van der Waals surface area contributed by atoms with Gasteiger partial charge >= 0.3 is 11.9 Å². The van der Waals surface area contributed by atoms with Gasteiger partial charge in [-0.15, -0.1) is 0 Å². The Labute approximate surface area is 260 Å². The molecule has 8 heteroatoms. The Morgan fingerprint density at radius 1 is 0.818 bits per heavy atom. The van der Waals surface area contributed by atoms with Crippen LogP contribution in [0.3, 0.4) is 0 Å². The molecule has 4 aliphatic heterocycles. The number of aromatic amines is 1. The van der Waals surface area contributed by atoms with Gasteiger partial charge in [-0.3, -0.25) is 9.59 Å². The van der Waals surface area contributed by atoms with E-state index < -0.39 is 0 Å². The van der Waals surface area contributed by atoms with Gasteiger partial charge in [0.15, 0.2) is 0 Å². The van der Waals surface area contributed by atoms with Crippen LogP contribution in [0.25, 0.3) is 12.2 Å². The van der Waals surface area contributed by atoms with Crippen LogP contribution in [0.1, 0.15) is 77.8 Å². The average molecular weight is 599 g/mol. The van der Waals surface area contributed by atoms with E-state index in [-0.39, 0.29) is 36.9 Å². The maximum absolute atomic E-state index is 12.2. The summed E-state index contributed by atoms with van der Waals surface area (Å²) in [7, 11) is 2.84. The fraction of sp³-hybridized carbons (Fsp3) is 0.500. The largest absolute Gasteiger partial charge is 0.469 e. The SMILES string of the molecule is CCc1c(C)c2[nH]c1=CC1=NC(=CC3=NC(=CC4NC(C=2)C(CC)C4C)C(C)=C3CCC(=O)OC)C(CCC(=O)OC)=C1C. The molecule has 0 aromatic carbocycles. The molecule has 2 N–H and O–H groups in total. The molecule has 4 unspecified atom stereocenters. The van der Waals surface area contributed by atoms with E-state index in [1.54, 1.807) is 0 Å². The van der Waals surface area contributed by atoms with Gasteiger partial charge in [0.2, 0.25) is 0 Å². The van der Waals surface area contributed by atoms with Crippen LogP contribution in [-0.4, -0.2) is 54.6 Å². The molecule has 0 spiro atoms. The first-order valence-corrected chi connectivity index (χ1v) is 15.9. The lowest BCUT2D eigenvalue weighted by Crippen LogP contribution is -2.31. The van der Waals surface area contributed by atoms with Crippen molar-refractivity contribution in [3.63, 3.8) is 0 Å². The number of rotatable bonds is 8. The van der Waals surface area contributed by atoms with Gasteiger partial charge in [-0.05, 0) is 110 Å². The highest BCUT2D eigenvalue weighted by molar-refractivity contribution is 6.24. The van der Waals surface area contributed by atoms with Gasteiger partial charge in [-0.2, -0.15) is 0 Å². The predicted octanol–water partition coefficient (Wildman–Crippen LogP) is 4.68. The Kier molecular flexibility index (Phi) is 9.39. The van der Waals surface area contributed by atoms with Crippen molar-refractivity contribution in [2.75, 3.05) is 14.2 Å². The van der Waals surface area contributed by atoms with Crippen LogP contribution in [-0.2, 0) is 25.5 Å². The molecule has 8 bridgehead atoms. The van der Waals surface area contributed by atoms with E-state index in [9.17, 15) is 9.59 Å². The maximum Gasteiger partial charge on any atom is 0.305 e. The number of carbonyl (C=O) groups excluding carboxylic acids is 2. The molecule has 0 aliphatic carbocycles. The average Bonchev–Trinajstić information content (AvgIpc) is 3.67. The van der Waals surface area contributed by atoms with E-state index in [2.05, 4.69) is 70.1 Å². The third kappa shape index (κ3) is 5.96. The van der Waals surface area contributed by atoms with E-state index in [4.69, 9.17) is 19.5 Å². The van der Waals surface area contributed by atoms with E-state index >= 15 is 0 Å². The van der Waals surface area contributed by atoms with Crippen molar-refractivity contribution in [2.45, 2.75) is 92.2 Å². The molecule has 0 saturated carbocycles. The minimum absolute atomic E-state index is 0.150. The number of nitrogens with one attached hydrogen (secondary N) is 2. The van der Waals surface area contributed by atoms with Crippen molar-refractivity contribution in [3.05, 3.63) is 67.7 Å². The van der Waals surface area contributed by atoms with E-state index in [0.717, 1.165) is 68.6 Å². The molecular formula is C36H46N4O4. The molecular weight excluding hydrogens is 552 g/mol. The number of ether oxygens (including phenoxy) is 2. The lowest BCUT2D eigenvalue weighted by atomic mass is 9.85. The smallest absolute Gasteiger partial charge is 0.305 e. The topological polar surface area (TPSA) is 105 Å². The van der Waals surface area contributed by atoms with E-state index in [1.165, 1.54) is 25.3 Å². The summed E-state index contributed by atoms with van der Waals surface area (Å²) in [4.78, 5) is 38.4. The second-order valence-corrected chi connectivity index (χ2v) is 12.3. The number of hydrogen-bond donors (Lipinski definition) is 2. The molecule has 234 valence electrons. The Morgan fingerprint density at radius 2 is 1.48 bits per heavy atom. The number of allylic oxidation sites excluding steroid dienone is 5. The Hall–Kier alpha value is -3.78. The van der Waals surface area contributed by atoms with Crippen molar-refractivity contribution in [3.8, 4) is 0 Å². The summed E-state index contributed by atoms with van der Waals surface area (Å²) in [6, 6.07) is 0.368. The second-order valence-electron chi connectivity index (χ2n) is 12.3. The van der Waals surface area contributed by atoms with Crippen LogP contribution in [0.5, 0.6) is 0 Å². The Morgan fingerprint density at radius 3 is 2.11 bits per heavy atom. The number of carbonyl (C=O) groups is 2. The fourth-order valence-corrected chi connectivity index (χ4v) is 7.22. The molecule has 0 amide bonds. The third-order valence-corrected chi connectivity index (χ3v) is 9.99. The highest BCUT2D eigenvalue weighted by Gasteiger charge is 2.38. The van der Waals surface area contributed by atoms with Crippen molar-refractivity contribution >= 4 is 35.5 Å². The number of aliphatic imine (C=N–C) groups is 2. The van der Waals surface area contributed by atoms with E-state index in [1.807, 2.05) is 6.08 Å². The highest BCUT2D eigenvalue weighted by Crippen LogP contribution is 2.37. The zero-order valence-corrected chi connectivity index (χ0v) is 27.4. The Balaban J connectivity index is 1.74. The van der Waals surface area contributed by atoms with Crippen LogP contribution in [0.2, 0.25) is 0 Å². The summed E-state index contributed by atoms with van der Waals surface area (Å²) in [6.45, 7) is 13.2. The first-order chi connectivity index (χ1) is 21.1. The molecule has 1 fully saturated rings. The van der Waals surface area contributed by atoms with Crippen LogP contribution < -0.4 is 16.0 Å². The molecule has 1 aromatic rings. The number of aromatic nitrogens is 1. The first kappa shape index (κ1) is 31.6. The Bertz CT molecular complexity index is 1680. The van der Waals surface area contributed by atoms with Crippen molar-refractivity contribution in [1.29, 1.82) is 0 Å². The monoisotopic (exact) mass is 598 g/mol. The number of hydrogen-bond acceptors (Lipinski definition) is 7. The van der Waals surface area contributed by atoms with Crippen molar-refractivity contribution in [2.24, 2.45) is 21.8 Å². The number of H-pyrrole nitrogens is 1. The third-order valence-electron chi connectivity index (χ3n) is 9.99. The predicted molar refractivity (Wildman–Crippen MR) is 176 cm³/mol. The lowest BCUT2D eigenvalue weighted by Gasteiger charge is -2.18. The van der Waals surface area contributed by atoms with Gasteiger partial charge in [-0.25, -0.2) is 9.98 Å². The zero-order valence-electron chi connectivity index (χ0n) is 27.4. The van der Waals surface area contributed by atoms with Gasteiger partial charge in [0.1, 0.15) is 0 Å². The standard InChI is InChI=1S/C36H46N4O4/c1-9-23-19(3)27-15-28-21(5)25(11-13-35(41)43-7)33(39-28)18-34-26(12-14-36(42)44-8)22(6)30(40-34)17-32-24(10-2)20(4)29(38-32)16-31(23)37-27/h15-19,23,27,31,37-38H,9-14H2,1-8H3. The number of nitrogens with zero attached hydrogens (tertiary/aromatic N) is 2. The van der Waals surface area contributed by atoms with Crippen LogP contribution in [0, 0.1) is 18.8 Å². The molecule has 1 aromatic heterocycles. The lowest BCUT2D eigenvalue weighted by molar-refractivity contribution is -0.141. The molecule has 5 rings (SSSR count). The van der Waals surface area contributed by atoms with E-state index in [0.29, 0.717) is 24.7 Å². The summed E-state index contributed by atoms with van der Waals surface area (Å²) in [5.41, 5.74) is 10.1.